The van der Waals surface area contributed by atoms with Gasteiger partial charge in [0.15, 0.2) is 18.1 Å². The summed E-state index contributed by atoms with van der Waals surface area (Å²) in [5.41, 5.74) is 3.06. The lowest BCUT2D eigenvalue weighted by Gasteiger charge is -2.18. The van der Waals surface area contributed by atoms with Gasteiger partial charge in [-0.05, 0) is 42.5 Å². The van der Waals surface area contributed by atoms with Crippen molar-refractivity contribution in [1.29, 1.82) is 0 Å². The number of thiazole rings is 1. The molecule has 10 heteroatoms. The summed E-state index contributed by atoms with van der Waals surface area (Å²) < 4.78 is 7.07. The maximum absolute atomic E-state index is 11.7. The molecule has 1 amide bonds. The van der Waals surface area contributed by atoms with Crippen LogP contribution < -0.4 is 14.9 Å². The second-order valence-corrected chi connectivity index (χ2v) is 7.88. The Morgan fingerprint density at radius 2 is 2.09 bits per heavy atom. The number of phenols is 2. The van der Waals surface area contributed by atoms with Crippen molar-refractivity contribution in [2.24, 2.45) is 10.1 Å². The Balaban J connectivity index is 1.64. The van der Waals surface area contributed by atoms with Crippen LogP contribution in [0.4, 0.5) is 11.4 Å². The van der Waals surface area contributed by atoms with Crippen LogP contribution in [0.5, 0.6) is 17.2 Å². The van der Waals surface area contributed by atoms with Crippen LogP contribution in [0.25, 0.3) is 11.3 Å². The molecule has 0 saturated carbocycles. The van der Waals surface area contributed by atoms with E-state index in [0.717, 1.165) is 5.56 Å². The number of ether oxygens (including phenoxy) is 1. The molecule has 0 radical (unpaired) electrons. The predicted molar refractivity (Wildman–Crippen MR) is 124 cm³/mol. The van der Waals surface area contributed by atoms with Crippen molar-refractivity contribution in [2.45, 2.75) is 0 Å². The molecule has 3 N–H and O–H groups in total. The molecule has 0 atom stereocenters. The number of hydrogen-bond donors (Lipinski definition) is 3. The minimum Gasteiger partial charge on any atom is -0.504 e. The highest BCUT2D eigenvalue weighted by Crippen LogP contribution is 2.33. The molecule has 0 fully saturated rings. The molecular weight excluding hydrogens is 442 g/mol. The fraction of sp³-hybridized carbons (Fsp3) is 0.0435. The van der Waals surface area contributed by atoms with Gasteiger partial charge in [-0.2, -0.15) is 5.10 Å². The summed E-state index contributed by atoms with van der Waals surface area (Å²) >= 11 is 1.37. The second kappa shape index (κ2) is 8.60. The smallest absolute Gasteiger partial charge is 0.262 e. The zero-order chi connectivity index (χ0) is 22.8. The topological polar surface area (TPSA) is 121 Å². The predicted octanol–water partition coefficient (Wildman–Crippen LogP) is 3.47. The van der Waals surface area contributed by atoms with Crippen LogP contribution >= 0.6 is 11.3 Å². The zero-order valence-corrected chi connectivity index (χ0v) is 17.9. The van der Waals surface area contributed by atoms with E-state index in [1.165, 1.54) is 23.6 Å². The highest BCUT2D eigenvalue weighted by molar-refractivity contribution is 7.07. The summed E-state index contributed by atoms with van der Waals surface area (Å²) in [7, 11) is 0. The number of para-hydroxylation sites is 1. The van der Waals surface area contributed by atoms with Gasteiger partial charge in [0.2, 0.25) is 4.80 Å². The van der Waals surface area contributed by atoms with Gasteiger partial charge in [0.05, 0.1) is 29.5 Å². The number of aromatic hydroxyl groups is 2. The number of carbonyl (C=O) groups is 1. The molecule has 5 rings (SSSR count). The minimum absolute atomic E-state index is 0.0172. The number of aromatic nitrogens is 2. The number of hydrogen-bond acceptors (Lipinski definition) is 8. The first-order chi connectivity index (χ1) is 16.1. The quantitative estimate of drug-likeness (QED) is 0.319. The molecule has 33 heavy (non-hydrogen) atoms. The van der Waals surface area contributed by atoms with Gasteiger partial charge >= 0.3 is 0 Å². The molecule has 0 bridgehead atoms. The molecule has 0 saturated heterocycles. The van der Waals surface area contributed by atoms with Gasteiger partial charge in [0.1, 0.15) is 5.75 Å². The van der Waals surface area contributed by atoms with E-state index in [0.29, 0.717) is 33.2 Å². The molecule has 4 aromatic rings. The Hall–Kier alpha value is -4.44. The number of rotatable bonds is 4. The molecular formula is C23H17N5O4S. The van der Waals surface area contributed by atoms with E-state index in [1.54, 1.807) is 47.4 Å². The normalized spacial score (nSPS) is 13.6. The van der Waals surface area contributed by atoms with E-state index in [1.807, 2.05) is 17.5 Å². The molecule has 0 spiro atoms. The maximum Gasteiger partial charge on any atom is 0.262 e. The highest BCUT2D eigenvalue weighted by Gasteiger charge is 2.18. The lowest BCUT2D eigenvalue weighted by Crippen LogP contribution is -2.25. The zero-order valence-electron chi connectivity index (χ0n) is 17.0. The third-order valence-electron chi connectivity index (χ3n) is 4.82. The van der Waals surface area contributed by atoms with Gasteiger partial charge in [0, 0.05) is 22.7 Å². The first-order valence-electron chi connectivity index (χ1n) is 9.86. The third-order valence-corrected chi connectivity index (χ3v) is 5.64. The van der Waals surface area contributed by atoms with E-state index >= 15 is 0 Å². The first kappa shape index (κ1) is 20.5. The maximum atomic E-state index is 11.7. The number of nitrogens with one attached hydrogen (secondary N) is 1. The van der Waals surface area contributed by atoms with Gasteiger partial charge in [0.25, 0.3) is 5.91 Å². The van der Waals surface area contributed by atoms with Crippen LogP contribution in [0, 0.1) is 0 Å². The SMILES string of the molecule is O=C1COc2ccc(-c3csc(=Nc4cccnc4)n3N=Cc3cccc(O)c3O)cc2N1. The number of carbonyl (C=O) groups excluding carboxylic acids is 1. The molecule has 1 aliphatic rings. The van der Waals surface area contributed by atoms with Crippen molar-refractivity contribution in [3.63, 3.8) is 0 Å². The van der Waals surface area contributed by atoms with E-state index in [9.17, 15) is 15.0 Å². The summed E-state index contributed by atoms with van der Waals surface area (Å²) in [6.45, 7) is -0.0172. The summed E-state index contributed by atoms with van der Waals surface area (Å²) in [5, 5.41) is 29.2. The molecule has 164 valence electrons. The largest absolute Gasteiger partial charge is 0.504 e. The molecule has 0 unspecified atom stereocenters. The Kier molecular flexibility index (Phi) is 5.33. The monoisotopic (exact) mass is 459 g/mol. The average molecular weight is 459 g/mol. The fourth-order valence-electron chi connectivity index (χ4n) is 3.23. The van der Waals surface area contributed by atoms with Crippen LogP contribution in [0.3, 0.4) is 0 Å². The Bertz CT molecular complexity index is 1440. The Morgan fingerprint density at radius 1 is 1.18 bits per heavy atom. The second-order valence-electron chi connectivity index (χ2n) is 7.05. The number of phenolic OH excluding ortho intramolecular Hbond substituents is 2. The van der Waals surface area contributed by atoms with Gasteiger partial charge in [-0.3, -0.25) is 9.78 Å². The van der Waals surface area contributed by atoms with Crippen LogP contribution in [-0.2, 0) is 4.79 Å². The standard InChI is InChI=1S/C23H17N5O4S/c29-19-5-1-3-15(22(19)31)10-25-28-18(13-33-23(28)26-16-4-2-8-24-11-16)14-6-7-20-17(9-14)27-21(30)12-32-20/h1-11,13,29,31H,12H2,(H,27,30). The van der Waals surface area contributed by atoms with Crippen molar-refractivity contribution in [1.82, 2.24) is 9.66 Å². The van der Waals surface area contributed by atoms with E-state index < -0.39 is 0 Å². The minimum atomic E-state index is -0.266. The van der Waals surface area contributed by atoms with Gasteiger partial charge in [-0.1, -0.05) is 6.07 Å². The summed E-state index contributed by atoms with van der Waals surface area (Å²) in [6, 6.07) is 13.7. The van der Waals surface area contributed by atoms with Crippen molar-refractivity contribution in [3.05, 3.63) is 76.7 Å². The van der Waals surface area contributed by atoms with Crippen molar-refractivity contribution < 1.29 is 19.7 Å². The molecule has 3 heterocycles. The van der Waals surface area contributed by atoms with Crippen molar-refractivity contribution >= 4 is 34.8 Å². The fourth-order valence-corrected chi connectivity index (χ4v) is 4.09. The van der Waals surface area contributed by atoms with Crippen molar-refractivity contribution in [2.75, 3.05) is 11.9 Å². The van der Waals surface area contributed by atoms with Gasteiger partial charge in [-0.15, -0.1) is 11.3 Å². The third kappa shape index (κ3) is 4.19. The first-order valence-corrected chi connectivity index (χ1v) is 10.7. The number of amides is 1. The summed E-state index contributed by atoms with van der Waals surface area (Å²) in [5.74, 6) is -0.130. The average Bonchev–Trinajstić information content (AvgIpc) is 3.22. The molecule has 1 aliphatic heterocycles. The molecule has 2 aromatic heterocycles. The number of pyridine rings is 1. The summed E-state index contributed by atoms with van der Waals surface area (Å²) in [4.78, 5) is 21.0. The highest BCUT2D eigenvalue weighted by atomic mass is 32.1. The molecule has 0 aliphatic carbocycles. The van der Waals surface area contributed by atoms with Crippen LogP contribution in [-0.4, -0.2) is 38.6 Å². The van der Waals surface area contributed by atoms with Crippen LogP contribution in [0.2, 0.25) is 0 Å². The van der Waals surface area contributed by atoms with Gasteiger partial charge < -0.3 is 20.3 Å². The van der Waals surface area contributed by atoms with E-state index in [4.69, 9.17) is 4.74 Å². The molecule has 2 aromatic carbocycles. The summed E-state index contributed by atoms with van der Waals surface area (Å²) in [6.07, 6.45) is 4.75. The van der Waals surface area contributed by atoms with Crippen LogP contribution in [0.15, 0.2) is 76.4 Å². The molecule has 9 nitrogen and oxygen atoms in total. The van der Waals surface area contributed by atoms with Crippen molar-refractivity contribution in [3.8, 4) is 28.5 Å². The van der Waals surface area contributed by atoms with E-state index in [-0.39, 0.29) is 24.0 Å². The number of anilines is 1. The van der Waals surface area contributed by atoms with Crippen LogP contribution in [0.1, 0.15) is 5.56 Å². The number of benzene rings is 2. The van der Waals surface area contributed by atoms with E-state index in [2.05, 4.69) is 20.4 Å². The lowest BCUT2D eigenvalue weighted by atomic mass is 10.1. The number of nitrogens with zero attached hydrogens (tertiary/aromatic N) is 4. The Morgan fingerprint density at radius 3 is 2.94 bits per heavy atom. The van der Waals surface area contributed by atoms with Gasteiger partial charge in [-0.25, -0.2) is 9.67 Å². The Labute approximate surface area is 191 Å². The lowest BCUT2D eigenvalue weighted by molar-refractivity contribution is -0.118. The number of fused-ring (bicyclic) bond motifs is 1.